The van der Waals surface area contributed by atoms with E-state index in [9.17, 15) is 37.5 Å². The zero-order chi connectivity index (χ0) is 37.8. The normalized spacial score (nSPS) is 31.0. The van der Waals surface area contributed by atoms with Gasteiger partial charge in [0.05, 0.1) is 24.3 Å². The number of esters is 1. The van der Waals surface area contributed by atoms with Crippen molar-refractivity contribution in [1.29, 1.82) is 0 Å². The number of Topliss-reactive ketones (excluding diaryl/α,β-unsaturated/α-hetero) is 1. The smallest absolute Gasteiger partial charge is 0.458 e. The number of aromatic nitrogens is 3. The van der Waals surface area contributed by atoms with Crippen molar-refractivity contribution in [1.82, 2.24) is 19.9 Å². The summed E-state index contributed by atoms with van der Waals surface area (Å²) in [5, 5.41) is 21.1. The minimum absolute atomic E-state index is 0.0154. The van der Waals surface area contributed by atoms with E-state index in [1.165, 1.54) is 18.2 Å². The van der Waals surface area contributed by atoms with E-state index in [0.29, 0.717) is 49.9 Å². The highest BCUT2D eigenvalue weighted by Gasteiger charge is 2.59. The van der Waals surface area contributed by atoms with Gasteiger partial charge in [-0.2, -0.15) is 13.2 Å². The van der Waals surface area contributed by atoms with Crippen LogP contribution < -0.4 is 5.32 Å². The number of aryl methyl sites for hydroxylation is 1. The third-order valence-electron chi connectivity index (χ3n) is 10.4. The molecule has 1 aromatic heterocycles. The molecule has 1 aromatic carbocycles. The monoisotopic (exact) mass is 721 g/mol. The maximum Gasteiger partial charge on any atom is 0.471 e. The molecule has 2 fully saturated rings. The van der Waals surface area contributed by atoms with Gasteiger partial charge in [-0.25, -0.2) is 4.79 Å². The number of unbranched alkanes of at least 4 members (excludes halogenated alkanes) is 1. The summed E-state index contributed by atoms with van der Waals surface area (Å²) in [5.41, 5.74) is -0.521. The predicted octanol–water partition coefficient (Wildman–Crippen LogP) is 6.03. The molecule has 282 valence electrons. The fourth-order valence-corrected chi connectivity index (χ4v) is 7.72. The first-order valence-corrected chi connectivity index (χ1v) is 17.7. The Morgan fingerprint density at radius 2 is 1.75 bits per heavy atom. The number of halogens is 3. The van der Waals surface area contributed by atoms with Crippen LogP contribution in [-0.4, -0.2) is 85.3 Å². The molecule has 2 N–H and O–H groups in total. The molecular formula is C36H50F3N5O7. The third kappa shape index (κ3) is 9.08. The minimum Gasteiger partial charge on any atom is -0.458 e. The number of carbonyl (C=O) groups excluding carboxylic acids is 4. The Morgan fingerprint density at radius 3 is 2.41 bits per heavy atom. The molecule has 0 radical (unpaired) electrons. The molecule has 0 saturated carbocycles. The molecule has 2 aromatic rings. The quantitative estimate of drug-likeness (QED) is 0.246. The number of hydrogen-bond acceptors (Lipinski definition) is 9. The Kier molecular flexibility index (Phi) is 12.6. The van der Waals surface area contributed by atoms with Crippen LogP contribution in [0.4, 0.5) is 23.7 Å². The van der Waals surface area contributed by atoms with Crippen molar-refractivity contribution in [2.24, 2.45) is 29.6 Å². The Labute approximate surface area is 296 Å². The number of nitrogens with zero attached hydrogens (tertiary/aromatic N) is 4. The van der Waals surface area contributed by atoms with Crippen molar-refractivity contribution in [3.05, 3.63) is 30.5 Å². The van der Waals surface area contributed by atoms with E-state index in [2.05, 4.69) is 10.3 Å². The van der Waals surface area contributed by atoms with Crippen LogP contribution in [-0.2, 0) is 30.4 Å². The number of ether oxygens (including phenoxy) is 2. The highest BCUT2D eigenvalue weighted by Crippen LogP contribution is 2.42. The molecule has 0 spiro atoms. The number of benzene rings is 1. The molecule has 2 amide bonds. The standard InChI is InChI=1S/C36H50F3N5O7/c1-8-28-35(7)31(23(5)29(45)21(3)16-20(2)17-22(4)30(46)24(6)32(47)50-28)44(34(49)51-35)15-10-9-14-43-19-27(41-42-43)25-12-11-13-26(18-25)40-33(48)36(37,38)39/h11-13,18-24,28,30-31,46H,8-10,14-17H2,1-7H3,(H,40,48)/t20?,21-,22-,23+,24-,28-,30+,31+,35-/m1/s1. The van der Waals surface area contributed by atoms with Crippen molar-refractivity contribution in [2.75, 3.05) is 11.9 Å². The van der Waals surface area contributed by atoms with Gasteiger partial charge in [0, 0.05) is 36.2 Å². The van der Waals surface area contributed by atoms with Crippen LogP contribution >= 0.6 is 0 Å². The number of rotatable bonds is 8. The number of hydrogen-bond donors (Lipinski definition) is 2. The van der Waals surface area contributed by atoms with Gasteiger partial charge < -0.3 is 24.8 Å². The largest absolute Gasteiger partial charge is 0.471 e. The fraction of sp³-hybridized carbons (Fsp3) is 0.667. The summed E-state index contributed by atoms with van der Waals surface area (Å²) in [6, 6.07) is 5.11. The predicted molar refractivity (Wildman–Crippen MR) is 181 cm³/mol. The second-order valence-corrected chi connectivity index (χ2v) is 14.6. The summed E-state index contributed by atoms with van der Waals surface area (Å²) in [5.74, 6) is -4.50. The van der Waals surface area contributed by atoms with Gasteiger partial charge >= 0.3 is 24.1 Å². The molecule has 51 heavy (non-hydrogen) atoms. The Morgan fingerprint density at radius 1 is 1.06 bits per heavy atom. The summed E-state index contributed by atoms with van der Waals surface area (Å²) in [7, 11) is 0. The minimum atomic E-state index is -5.02. The number of aliphatic hydroxyl groups is 1. The average molecular weight is 722 g/mol. The second kappa shape index (κ2) is 16.1. The van der Waals surface area contributed by atoms with Crippen molar-refractivity contribution < 1.29 is 46.9 Å². The van der Waals surface area contributed by atoms with Crippen molar-refractivity contribution in [3.63, 3.8) is 0 Å². The summed E-state index contributed by atoms with van der Waals surface area (Å²) >= 11 is 0. The van der Waals surface area contributed by atoms with E-state index in [-0.39, 0.29) is 35.8 Å². The van der Waals surface area contributed by atoms with Crippen LogP contribution in [0.15, 0.2) is 30.5 Å². The number of carbonyl (C=O) groups is 4. The number of alkyl halides is 3. The van der Waals surface area contributed by atoms with E-state index >= 15 is 0 Å². The topological polar surface area (TPSA) is 153 Å². The van der Waals surface area contributed by atoms with Crippen molar-refractivity contribution in [2.45, 2.75) is 117 Å². The maximum absolute atomic E-state index is 14.0. The van der Waals surface area contributed by atoms with Gasteiger partial charge in [0.1, 0.15) is 17.6 Å². The number of aliphatic hydroxyl groups excluding tert-OH is 1. The lowest BCUT2D eigenvalue weighted by Crippen LogP contribution is -2.57. The first-order chi connectivity index (χ1) is 23.9. The van der Waals surface area contributed by atoms with Gasteiger partial charge in [0.2, 0.25) is 0 Å². The van der Waals surface area contributed by atoms with Crippen molar-refractivity contribution in [3.8, 4) is 11.3 Å². The molecule has 15 heteroatoms. The van der Waals surface area contributed by atoms with Gasteiger partial charge in [-0.15, -0.1) is 5.10 Å². The Hall–Kier alpha value is -4.01. The van der Waals surface area contributed by atoms with E-state index in [1.54, 1.807) is 42.6 Å². The zero-order valence-electron chi connectivity index (χ0n) is 30.3. The summed E-state index contributed by atoms with van der Waals surface area (Å²) in [4.78, 5) is 53.8. The van der Waals surface area contributed by atoms with E-state index in [4.69, 9.17) is 9.47 Å². The maximum atomic E-state index is 14.0. The van der Waals surface area contributed by atoms with Crippen LogP contribution in [0.1, 0.15) is 80.6 Å². The highest BCUT2D eigenvalue weighted by atomic mass is 19.4. The van der Waals surface area contributed by atoms with Crippen LogP contribution in [0, 0.1) is 29.6 Å². The number of anilines is 1. The molecule has 4 rings (SSSR count). The molecule has 3 heterocycles. The van der Waals surface area contributed by atoms with Crippen LogP contribution in [0.25, 0.3) is 11.3 Å². The van der Waals surface area contributed by atoms with Crippen LogP contribution in [0.5, 0.6) is 0 Å². The molecule has 0 bridgehead atoms. The highest BCUT2D eigenvalue weighted by molar-refractivity contribution is 5.95. The van der Waals surface area contributed by atoms with Crippen LogP contribution in [0.3, 0.4) is 0 Å². The number of amides is 2. The molecule has 2 aliphatic rings. The lowest BCUT2D eigenvalue weighted by atomic mass is 9.75. The van der Waals surface area contributed by atoms with Gasteiger partial charge in [-0.05, 0) is 69.9 Å². The Balaban J connectivity index is 1.49. The first kappa shape index (κ1) is 39.8. The molecule has 2 aliphatic heterocycles. The molecule has 1 unspecified atom stereocenters. The van der Waals surface area contributed by atoms with Gasteiger partial charge in [-0.3, -0.25) is 19.1 Å². The van der Waals surface area contributed by atoms with Crippen LogP contribution in [0.2, 0.25) is 0 Å². The van der Waals surface area contributed by atoms with Gasteiger partial charge in [0.25, 0.3) is 0 Å². The number of cyclic esters (lactones) is 1. The molecule has 2 saturated heterocycles. The van der Waals surface area contributed by atoms with Gasteiger partial charge in [-0.1, -0.05) is 52.0 Å². The lowest BCUT2D eigenvalue weighted by molar-refractivity contribution is -0.174. The summed E-state index contributed by atoms with van der Waals surface area (Å²) in [6.45, 7) is 13.4. The van der Waals surface area contributed by atoms with Crippen molar-refractivity contribution >= 4 is 29.4 Å². The average Bonchev–Trinajstić information content (AvgIpc) is 3.64. The lowest BCUT2D eigenvalue weighted by Gasteiger charge is -2.41. The zero-order valence-corrected chi connectivity index (χ0v) is 30.3. The number of ketones is 1. The molecular weight excluding hydrogens is 671 g/mol. The van der Waals surface area contributed by atoms with Gasteiger partial charge in [0.15, 0.2) is 5.60 Å². The Bertz CT molecular complexity index is 1570. The molecule has 9 atom stereocenters. The number of nitrogens with one attached hydrogen (secondary N) is 1. The summed E-state index contributed by atoms with van der Waals surface area (Å²) in [6.07, 6.45) is -3.20. The molecule has 12 nitrogen and oxygen atoms in total. The first-order valence-electron chi connectivity index (χ1n) is 17.7. The molecule has 0 aliphatic carbocycles. The van der Waals surface area contributed by atoms with E-state index in [0.717, 1.165) is 0 Å². The fourth-order valence-electron chi connectivity index (χ4n) is 7.72. The van der Waals surface area contributed by atoms with E-state index in [1.807, 2.05) is 33.0 Å². The number of fused-ring (bicyclic) bond motifs is 1. The second-order valence-electron chi connectivity index (χ2n) is 14.6. The summed E-state index contributed by atoms with van der Waals surface area (Å²) < 4.78 is 51.7. The van der Waals surface area contributed by atoms with E-state index < -0.39 is 59.8 Å². The third-order valence-corrected chi connectivity index (χ3v) is 10.4. The SMILES string of the molecule is CC[C@H]1OC(=O)[C@H](C)[C@@H](O)[C@H](C)CC(C)C[C@@H](C)C(=O)[C@H](C)[C@@H]2N(CCCCn3cc(-c4cccc(NC(=O)C(F)(F)F)c4)nn3)C(=O)O[C@@]21C.